The number of ether oxygens (including phenoxy) is 3. The van der Waals surface area contributed by atoms with Gasteiger partial charge in [0.15, 0.2) is 0 Å². The molecule has 8 atom stereocenters. The molecule has 11 nitrogen and oxygen atoms in total. The van der Waals surface area contributed by atoms with Crippen LogP contribution in [0.25, 0.3) is 0 Å². The number of likely N-dealkylation sites (tertiary alicyclic amines) is 1. The molecule has 2 N–H and O–H groups in total. The minimum absolute atomic E-state index is 0.155. The van der Waals surface area contributed by atoms with E-state index in [1.807, 2.05) is 30.3 Å². The molecule has 3 aliphatic heterocycles. The number of allylic oxidation sites excluding steroid dienone is 1. The van der Waals surface area contributed by atoms with Crippen molar-refractivity contribution in [1.82, 2.24) is 10.2 Å². The van der Waals surface area contributed by atoms with E-state index in [9.17, 15) is 24.3 Å². The van der Waals surface area contributed by atoms with E-state index in [0.29, 0.717) is 36.3 Å². The highest BCUT2D eigenvalue weighted by molar-refractivity contribution is 6.04. The smallest absolute Gasteiger partial charge is 0.313 e. The Bertz CT molecular complexity index is 1510. The number of hydrogen-bond acceptors (Lipinski definition) is 8. The summed E-state index contributed by atoms with van der Waals surface area (Å²) < 4.78 is 18.1. The normalized spacial score (nSPS) is 25.8. The lowest BCUT2D eigenvalue weighted by Crippen LogP contribution is -2.58. The number of esters is 1. The zero-order valence-corrected chi connectivity index (χ0v) is 27.7. The second-order valence-corrected chi connectivity index (χ2v) is 12.7. The SMILES string of the molecule is C=CCCC(=O)N[C@H](C)[C@@H](OC(=O)[C@@H]1[C@H]2C(=O)N([C@H](C)CO)[C@H](C(=O)N(CC=C)c3ccc(OC)cc3)[C@]23CC[C@H]1O3)c1ccccc1. The maximum absolute atomic E-state index is 14.6. The molecule has 1 spiro atoms. The largest absolute Gasteiger partial charge is 0.497 e. The van der Waals surface area contributed by atoms with Gasteiger partial charge in [-0.15, -0.1) is 13.2 Å². The van der Waals surface area contributed by atoms with Gasteiger partial charge < -0.3 is 34.4 Å². The quantitative estimate of drug-likeness (QED) is 0.218. The fourth-order valence-corrected chi connectivity index (χ4v) is 7.50. The Morgan fingerprint density at radius 1 is 1.12 bits per heavy atom. The number of rotatable bonds is 15. The monoisotopic (exact) mass is 659 g/mol. The summed E-state index contributed by atoms with van der Waals surface area (Å²) in [4.78, 5) is 58.8. The van der Waals surface area contributed by atoms with Crippen molar-refractivity contribution in [1.29, 1.82) is 0 Å². The van der Waals surface area contributed by atoms with E-state index in [4.69, 9.17) is 14.2 Å². The molecular formula is C37H45N3O8. The molecule has 2 aromatic rings. The van der Waals surface area contributed by atoms with Gasteiger partial charge in [-0.3, -0.25) is 19.2 Å². The van der Waals surface area contributed by atoms with Crippen molar-refractivity contribution in [3.63, 3.8) is 0 Å². The molecule has 256 valence electrons. The van der Waals surface area contributed by atoms with Gasteiger partial charge >= 0.3 is 5.97 Å². The van der Waals surface area contributed by atoms with Gasteiger partial charge in [0.05, 0.1) is 43.7 Å². The van der Waals surface area contributed by atoms with Crippen LogP contribution in [0.2, 0.25) is 0 Å². The molecule has 3 fully saturated rings. The zero-order chi connectivity index (χ0) is 34.6. The van der Waals surface area contributed by atoms with Crippen LogP contribution >= 0.6 is 0 Å². The number of anilines is 1. The van der Waals surface area contributed by atoms with Crippen molar-refractivity contribution in [2.75, 3.05) is 25.2 Å². The first-order valence-electron chi connectivity index (χ1n) is 16.4. The first-order chi connectivity index (χ1) is 23.1. The van der Waals surface area contributed by atoms with Gasteiger partial charge in [-0.25, -0.2) is 0 Å². The van der Waals surface area contributed by atoms with Crippen molar-refractivity contribution >= 4 is 29.4 Å². The molecule has 11 heteroatoms. The summed E-state index contributed by atoms with van der Waals surface area (Å²) in [6.45, 7) is 10.7. The van der Waals surface area contributed by atoms with Crippen LogP contribution in [-0.2, 0) is 28.7 Å². The Labute approximate surface area is 281 Å². The fraction of sp³-hybridized carbons (Fsp3) is 0.459. The van der Waals surface area contributed by atoms with Crippen molar-refractivity contribution in [2.24, 2.45) is 11.8 Å². The third kappa shape index (κ3) is 6.36. The van der Waals surface area contributed by atoms with E-state index in [1.54, 1.807) is 57.4 Å². The lowest BCUT2D eigenvalue weighted by molar-refractivity contribution is -0.162. The average molecular weight is 660 g/mol. The predicted molar refractivity (Wildman–Crippen MR) is 179 cm³/mol. The molecule has 2 aromatic carbocycles. The highest BCUT2D eigenvalue weighted by Crippen LogP contribution is 2.59. The van der Waals surface area contributed by atoms with Crippen LogP contribution < -0.4 is 15.0 Å². The number of amides is 3. The van der Waals surface area contributed by atoms with Crippen LogP contribution in [0.3, 0.4) is 0 Å². The standard InChI is InChI=1S/C37H45N3O8/c1-6-8-14-29(42)38-24(4)32(25-12-10-9-11-13-25)47-36(45)30-28-19-20-37(48-28)31(30)34(43)40(23(3)22-41)33(37)35(44)39(21-7-2)26-15-17-27(46-5)18-16-26/h6-7,9-13,15-18,23-24,28,30-33,41H,1-2,8,14,19-22H2,3-5H3,(H,38,42)/t23-,24-,28-,30+,31+,32-,33-,37+/m1/s1. The molecule has 3 amide bonds. The lowest BCUT2D eigenvalue weighted by Gasteiger charge is -2.38. The number of benzene rings is 2. The second-order valence-electron chi connectivity index (χ2n) is 12.7. The van der Waals surface area contributed by atoms with Crippen molar-refractivity contribution in [3.8, 4) is 5.75 Å². The van der Waals surface area contributed by atoms with Gasteiger partial charge in [0.2, 0.25) is 11.8 Å². The molecule has 3 saturated heterocycles. The van der Waals surface area contributed by atoms with Crippen LogP contribution in [0.15, 0.2) is 79.9 Å². The van der Waals surface area contributed by atoms with E-state index in [2.05, 4.69) is 18.5 Å². The van der Waals surface area contributed by atoms with Crippen LogP contribution in [0.4, 0.5) is 5.69 Å². The zero-order valence-electron chi connectivity index (χ0n) is 27.7. The fourth-order valence-electron chi connectivity index (χ4n) is 7.50. The minimum Gasteiger partial charge on any atom is -0.497 e. The number of aliphatic hydroxyl groups excluding tert-OH is 1. The third-order valence-electron chi connectivity index (χ3n) is 9.73. The number of nitrogens with one attached hydrogen (secondary N) is 1. The van der Waals surface area contributed by atoms with Crippen LogP contribution in [0, 0.1) is 11.8 Å². The van der Waals surface area contributed by atoms with Gasteiger partial charge in [0.1, 0.15) is 23.5 Å². The number of carbonyl (C=O) groups is 4. The first kappa shape index (κ1) is 34.8. The Morgan fingerprint density at radius 2 is 1.83 bits per heavy atom. The molecular weight excluding hydrogens is 614 g/mol. The molecule has 3 heterocycles. The third-order valence-corrected chi connectivity index (χ3v) is 9.73. The van der Waals surface area contributed by atoms with E-state index < -0.39 is 65.6 Å². The Morgan fingerprint density at radius 3 is 2.46 bits per heavy atom. The molecule has 5 rings (SSSR count). The Hall–Kier alpha value is -4.48. The van der Waals surface area contributed by atoms with E-state index in [-0.39, 0.29) is 25.5 Å². The molecule has 2 bridgehead atoms. The summed E-state index contributed by atoms with van der Waals surface area (Å²) in [5, 5.41) is 13.2. The van der Waals surface area contributed by atoms with Crippen molar-refractivity contribution < 1.29 is 38.5 Å². The predicted octanol–water partition coefficient (Wildman–Crippen LogP) is 3.73. The molecule has 3 aliphatic rings. The number of aliphatic hydroxyl groups is 1. The number of nitrogens with zero attached hydrogens (tertiary/aromatic N) is 2. The van der Waals surface area contributed by atoms with Crippen LogP contribution in [0.1, 0.15) is 51.2 Å². The number of fused-ring (bicyclic) bond motifs is 1. The van der Waals surface area contributed by atoms with Gasteiger partial charge in [-0.05, 0) is 62.9 Å². The van der Waals surface area contributed by atoms with E-state index in [0.717, 1.165) is 0 Å². The maximum atomic E-state index is 14.6. The number of carbonyl (C=O) groups excluding carboxylic acids is 4. The maximum Gasteiger partial charge on any atom is 0.313 e. The molecule has 0 unspecified atom stereocenters. The van der Waals surface area contributed by atoms with Crippen molar-refractivity contribution in [3.05, 3.63) is 85.5 Å². The number of methoxy groups -OCH3 is 1. The topological polar surface area (TPSA) is 135 Å². The van der Waals surface area contributed by atoms with E-state index in [1.165, 1.54) is 9.80 Å². The second kappa shape index (κ2) is 14.7. The van der Waals surface area contributed by atoms with E-state index >= 15 is 0 Å². The molecule has 0 aromatic heterocycles. The molecule has 48 heavy (non-hydrogen) atoms. The van der Waals surface area contributed by atoms with Gasteiger partial charge in [0.25, 0.3) is 5.91 Å². The summed E-state index contributed by atoms with van der Waals surface area (Å²) in [6, 6.07) is 13.7. The van der Waals surface area contributed by atoms with Crippen LogP contribution in [0.5, 0.6) is 5.75 Å². The van der Waals surface area contributed by atoms with Gasteiger partial charge in [-0.1, -0.05) is 42.5 Å². The molecule has 0 radical (unpaired) electrons. The minimum atomic E-state index is -1.30. The van der Waals surface area contributed by atoms with Crippen molar-refractivity contribution in [2.45, 2.75) is 75.5 Å². The van der Waals surface area contributed by atoms with Crippen LogP contribution in [-0.4, -0.2) is 83.8 Å². The number of hydrogen-bond donors (Lipinski definition) is 2. The molecule has 0 saturated carbocycles. The first-order valence-corrected chi connectivity index (χ1v) is 16.4. The Balaban J connectivity index is 1.47. The molecule has 0 aliphatic carbocycles. The highest BCUT2D eigenvalue weighted by atomic mass is 16.6. The Kier molecular flexibility index (Phi) is 10.7. The summed E-state index contributed by atoms with van der Waals surface area (Å²) in [5.41, 5.74) is -0.0464. The summed E-state index contributed by atoms with van der Waals surface area (Å²) in [7, 11) is 1.55. The average Bonchev–Trinajstić information content (AvgIpc) is 3.75. The lowest BCUT2D eigenvalue weighted by atomic mass is 9.70. The van der Waals surface area contributed by atoms with Gasteiger partial charge in [-0.2, -0.15) is 0 Å². The summed E-state index contributed by atoms with van der Waals surface area (Å²) in [6.07, 6.45) is 3.35. The summed E-state index contributed by atoms with van der Waals surface area (Å²) >= 11 is 0. The van der Waals surface area contributed by atoms with Gasteiger partial charge in [0, 0.05) is 18.7 Å². The highest BCUT2D eigenvalue weighted by Gasteiger charge is 2.75. The summed E-state index contributed by atoms with van der Waals surface area (Å²) in [5.74, 6) is -3.04.